The third kappa shape index (κ3) is 2.46. The average molecular weight is 183 g/mol. The van der Waals surface area contributed by atoms with Gasteiger partial charge in [0.2, 0.25) is 0 Å². The lowest BCUT2D eigenvalue weighted by molar-refractivity contribution is 0.00899. The standard InChI is InChI=1S/C12H25N/c1-10-7-8-13(11(2,3)4)9-12(10,5)6/h10H,7-9H2,1-6H3/t10-/m0/s1. The number of likely N-dealkylation sites (tertiary alicyclic amines) is 1. The summed E-state index contributed by atoms with van der Waals surface area (Å²) in [6, 6.07) is 0. The third-order valence-corrected chi connectivity index (χ3v) is 3.71. The van der Waals surface area contributed by atoms with Gasteiger partial charge in [-0.05, 0) is 45.1 Å². The first-order valence-corrected chi connectivity index (χ1v) is 5.48. The number of piperidine rings is 1. The highest BCUT2D eigenvalue weighted by atomic mass is 15.2. The zero-order valence-electron chi connectivity index (χ0n) is 10.1. The highest BCUT2D eigenvalue weighted by Crippen LogP contribution is 2.36. The minimum Gasteiger partial charge on any atom is -0.298 e. The molecule has 0 aromatic carbocycles. The molecule has 1 heteroatoms. The van der Waals surface area contributed by atoms with E-state index < -0.39 is 0 Å². The minimum atomic E-state index is 0.345. The van der Waals surface area contributed by atoms with Crippen molar-refractivity contribution in [2.75, 3.05) is 13.1 Å². The van der Waals surface area contributed by atoms with E-state index in [1.165, 1.54) is 19.5 Å². The van der Waals surface area contributed by atoms with Crippen LogP contribution in [-0.4, -0.2) is 23.5 Å². The van der Waals surface area contributed by atoms with Gasteiger partial charge in [0, 0.05) is 12.1 Å². The Balaban J connectivity index is 2.66. The van der Waals surface area contributed by atoms with E-state index in [2.05, 4.69) is 46.4 Å². The number of rotatable bonds is 0. The lowest BCUT2D eigenvalue weighted by atomic mass is 9.74. The molecule has 1 rings (SSSR count). The summed E-state index contributed by atoms with van der Waals surface area (Å²) in [7, 11) is 0. The van der Waals surface area contributed by atoms with E-state index in [1.54, 1.807) is 0 Å². The zero-order chi connectivity index (χ0) is 10.3. The smallest absolute Gasteiger partial charge is 0.0125 e. The summed E-state index contributed by atoms with van der Waals surface area (Å²) in [5.41, 5.74) is 0.836. The van der Waals surface area contributed by atoms with Crippen LogP contribution >= 0.6 is 0 Å². The molecule has 1 nitrogen and oxygen atoms in total. The molecule has 1 aliphatic rings. The molecule has 1 saturated heterocycles. The molecule has 13 heavy (non-hydrogen) atoms. The maximum absolute atomic E-state index is 2.62. The van der Waals surface area contributed by atoms with E-state index >= 15 is 0 Å². The predicted molar refractivity (Wildman–Crippen MR) is 58.9 cm³/mol. The molecule has 0 aliphatic carbocycles. The van der Waals surface area contributed by atoms with Gasteiger partial charge < -0.3 is 0 Å². The van der Waals surface area contributed by atoms with E-state index in [0.717, 1.165) is 5.92 Å². The number of hydrogen-bond donors (Lipinski definition) is 0. The van der Waals surface area contributed by atoms with Gasteiger partial charge in [0.15, 0.2) is 0 Å². The van der Waals surface area contributed by atoms with Gasteiger partial charge in [-0.3, -0.25) is 4.90 Å². The van der Waals surface area contributed by atoms with E-state index in [1.807, 2.05) is 0 Å². The Morgan fingerprint density at radius 1 is 1.23 bits per heavy atom. The summed E-state index contributed by atoms with van der Waals surface area (Å²) in [5.74, 6) is 0.867. The van der Waals surface area contributed by atoms with Crippen molar-refractivity contribution in [3.05, 3.63) is 0 Å². The van der Waals surface area contributed by atoms with Gasteiger partial charge in [0.25, 0.3) is 0 Å². The molecule has 0 unspecified atom stereocenters. The van der Waals surface area contributed by atoms with Crippen LogP contribution in [0.2, 0.25) is 0 Å². The van der Waals surface area contributed by atoms with E-state index in [0.29, 0.717) is 11.0 Å². The molecule has 0 N–H and O–H groups in total. The molecule has 0 radical (unpaired) electrons. The molecule has 1 heterocycles. The number of hydrogen-bond acceptors (Lipinski definition) is 1. The maximum Gasteiger partial charge on any atom is 0.0125 e. The van der Waals surface area contributed by atoms with Crippen molar-refractivity contribution in [1.29, 1.82) is 0 Å². The van der Waals surface area contributed by atoms with Gasteiger partial charge in [-0.1, -0.05) is 20.8 Å². The Kier molecular flexibility index (Phi) is 2.78. The van der Waals surface area contributed by atoms with Gasteiger partial charge >= 0.3 is 0 Å². The molecule has 0 amide bonds. The molecular formula is C12H25N. The normalized spacial score (nSPS) is 30.5. The summed E-state index contributed by atoms with van der Waals surface area (Å²) in [6.07, 6.45) is 1.35. The monoisotopic (exact) mass is 183 g/mol. The number of nitrogens with zero attached hydrogens (tertiary/aromatic N) is 1. The van der Waals surface area contributed by atoms with E-state index in [4.69, 9.17) is 0 Å². The van der Waals surface area contributed by atoms with Crippen LogP contribution in [0.4, 0.5) is 0 Å². The van der Waals surface area contributed by atoms with Crippen molar-refractivity contribution >= 4 is 0 Å². The minimum absolute atomic E-state index is 0.345. The molecule has 78 valence electrons. The molecule has 1 atom stereocenters. The molecule has 0 bridgehead atoms. The van der Waals surface area contributed by atoms with Crippen molar-refractivity contribution in [3.63, 3.8) is 0 Å². The fourth-order valence-electron chi connectivity index (χ4n) is 2.04. The van der Waals surface area contributed by atoms with Crippen LogP contribution in [0.1, 0.15) is 48.0 Å². The molecule has 0 saturated carbocycles. The van der Waals surface area contributed by atoms with Crippen molar-refractivity contribution in [3.8, 4) is 0 Å². The van der Waals surface area contributed by atoms with Crippen LogP contribution in [0, 0.1) is 11.3 Å². The highest BCUT2D eigenvalue weighted by molar-refractivity contribution is 4.89. The van der Waals surface area contributed by atoms with E-state index in [9.17, 15) is 0 Å². The second-order valence-electron chi connectivity index (χ2n) is 6.27. The predicted octanol–water partition coefficient (Wildman–Crippen LogP) is 3.15. The summed E-state index contributed by atoms with van der Waals surface area (Å²) >= 11 is 0. The molecule has 0 aromatic rings. The van der Waals surface area contributed by atoms with Crippen LogP contribution in [-0.2, 0) is 0 Å². The zero-order valence-corrected chi connectivity index (χ0v) is 10.1. The maximum atomic E-state index is 2.62. The van der Waals surface area contributed by atoms with Crippen molar-refractivity contribution < 1.29 is 0 Å². The molecule has 0 aromatic heterocycles. The molecule has 1 aliphatic heterocycles. The third-order valence-electron chi connectivity index (χ3n) is 3.71. The van der Waals surface area contributed by atoms with Crippen molar-refractivity contribution in [2.24, 2.45) is 11.3 Å². The summed E-state index contributed by atoms with van der Waals surface area (Å²) in [4.78, 5) is 2.62. The van der Waals surface area contributed by atoms with Gasteiger partial charge in [0.05, 0.1) is 0 Å². The molecule has 0 spiro atoms. The largest absolute Gasteiger partial charge is 0.298 e. The van der Waals surface area contributed by atoms with Crippen molar-refractivity contribution in [2.45, 2.75) is 53.5 Å². The molecular weight excluding hydrogens is 158 g/mol. The second-order valence-corrected chi connectivity index (χ2v) is 6.27. The van der Waals surface area contributed by atoms with Gasteiger partial charge in [-0.15, -0.1) is 0 Å². The fraction of sp³-hybridized carbons (Fsp3) is 1.00. The van der Waals surface area contributed by atoms with Crippen LogP contribution < -0.4 is 0 Å². The van der Waals surface area contributed by atoms with Crippen LogP contribution in [0.25, 0.3) is 0 Å². The first kappa shape index (κ1) is 11.0. The summed E-state index contributed by atoms with van der Waals surface area (Å²) in [5, 5.41) is 0. The topological polar surface area (TPSA) is 3.24 Å². The summed E-state index contributed by atoms with van der Waals surface area (Å²) < 4.78 is 0. The Labute approximate surface area is 83.5 Å². The SMILES string of the molecule is C[C@H]1CCN(C(C)(C)C)CC1(C)C. The summed E-state index contributed by atoms with van der Waals surface area (Å²) in [6.45, 7) is 16.7. The fourth-order valence-corrected chi connectivity index (χ4v) is 2.04. The van der Waals surface area contributed by atoms with Crippen LogP contribution in [0.15, 0.2) is 0 Å². The second kappa shape index (κ2) is 3.27. The van der Waals surface area contributed by atoms with Crippen LogP contribution in [0.3, 0.4) is 0 Å². The van der Waals surface area contributed by atoms with Gasteiger partial charge in [-0.25, -0.2) is 0 Å². The highest BCUT2D eigenvalue weighted by Gasteiger charge is 2.36. The Bertz CT molecular complexity index is 176. The Hall–Kier alpha value is -0.0400. The Morgan fingerprint density at radius 3 is 2.15 bits per heavy atom. The van der Waals surface area contributed by atoms with Crippen LogP contribution in [0.5, 0.6) is 0 Å². The van der Waals surface area contributed by atoms with E-state index in [-0.39, 0.29) is 0 Å². The average Bonchev–Trinajstić information content (AvgIpc) is 1.92. The van der Waals surface area contributed by atoms with Gasteiger partial charge in [-0.2, -0.15) is 0 Å². The quantitative estimate of drug-likeness (QED) is 0.557. The first-order valence-electron chi connectivity index (χ1n) is 5.48. The lowest BCUT2D eigenvalue weighted by Gasteiger charge is -2.48. The van der Waals surface area contributed by atoms with Gasteiger partial charge in [0.1, 0.15) is 0 Å². The molecule has 1 fully saturated rings. The first-order chi connectivity index (χ1) is 5.73. The Morgan fingerprint density at radius 2 is 1.77 bits per heavy atom. The lowest BCUT2D eigenvalue weighted by Crippen LogP contribution is -2.52. The van der Waals surface area contributed by atoms with Crippen molar-refractivity contribution in [1.82, 2.24) is 4.90 Å².